The van der Waals surface area contributed by atoms with Crippen LogP contribution in [0.5, 0.6) is 6.01 Å². The van der Waals surface area contributed by atoms with Crippen LogP contribution in [0.25, 0.3) is 11.2 Å². The van der Waals surface area contributed by atoms with Gasteiger partial charge in [0.15, 0.2) is 5.65 Å². The normalized spacial score (nSPS) is 15.6. The number of imidazole rings is 1. The predicted molar refractivity (Wildman–Crippen MR) is 109 cm³/mol. The number of aromatic amines is 1. The number of hydrogen-bond acceptors (Lipinski definition) is 6. The highest BCUT2D eigenvalue weighted by molar-refractivity contribution is 6.32. The van der Waals surface area contributed by atoms with Crippen molar-refractivity contribution in [3.8, 4) is 6.01 Å². The lowest BCUT2D eigenvalue weighted by Gasteiger charge is -2.14. The second-order valence-corrected chi connectivity index (χ2v) is 9.10. The minimum Gasteiger partial charge on any atom is -0.461 e. The van der Waals surface area contributed by atoms with Crippen molar-refractivity contribution in [2.75, 3.05) is 26.9 Å². The maximum atomic E-state index is 12.4. The van der Waals surface area contributed by atoms with Crippen LogP contribution in [0.15, 0.2) is 35.3 Å². The van der Waals surface area contributed by atoms with E-state index in [-0.39, 0.29) is 21.4 Å². The molecule has 1 saturated heterocycles. The Morgan fingerprint density at radius 1 is 1.18 bits per heavy atom. The number of methoxy groups -OCH3 is 1. The molecule has 0 bridgehead atoms. The molecule has 1 N–H and O–H groups in total. The number of nitrogens with zero attached hydrogens (tertiary/aromatic N) is 4. The number of ether oxygens (including phenoxy) is 2. The van der Waals surface area contributed by atoms with E-state index in [1.807, 2.05) is 0 Å². The summed E-state index contributed by atoms with van der Waals surface area (Å²) in [7, 11) is 1.58. The van der Waals surface area contributed by atoms with E-state index in [0.717, 1.165) is 12.1 Å². The van der Waals surface area contributed by atoms with Gasteiger partial charge in [0.2, 0.25) is 0 Å². The average molecular weight is 400 g/mol. The summed E-state index contributed by atoms with van der Waals surface area (Å²) in [4.78, 5) is 23.7. The van der Waals surface area contributed by atoms with Crippen molar-refractivity contribution in [3.05, 3.63) is 52.1 Å². The Morgan fingerprint density at radius 2 is 1.96 bits per heavy atom. The predicted octanol–water partition coefficient (Wildman–Crippen LogP) is 0.901. The lowest BCUT2D eigenvalue weighted by atomic mass is 10.1. The van der Waals surface area contributed by atoms with Crippen LogP contribution in [0, 0.1) is 0 Å². The van der Waals surface area contributed by atoms with Gasteiger partial charge in [0.1, 0.15) is 12.1 Å². The minimum absolute atomic E-state index is 0.0271. The molecule has 4 rings (SSSR count). The smallest absolute Gasteiger partial charge is 0.328 e. The standard InChI is InChI=1S/C19H25N5O3Si/c1-26-8-9-27-18-20-11-16-17(22-18)24(19(25)21-16)13-15-5-3-14(4-6-15)12-23-7-2-10-28-23/h3-6,11H,2,7-10,12-13,28H2,1H3,(H,21,25). The largest absolute Gasteiger partial charge is 0.461 e. The molecule has 8 nitrogen and oxygen atoms in total. The van der Waals surface area contributed by atoms with E-state index in [1.54, 1.807) is 17.9 Å². The fraction of sp³-hybridized carbons (Fsp3) is 0.421. The molecule has 1 aliphatic rings. The molecule has 2 aromatic heterocycles. The molecule has 0 aliphatic carbocycles. The number of rotatable bonds is 8. The molecule has 1 aliphatic heterocycles. The highest BCUT2D eigenvalue weighted by atomic mass is 28.2. The van der Waals surface area contributed by atoms with E-state index in [9.17, 15) is 4.79 Å². The molecule has 28 heavy (non-hydrogen) atoms. The van der Waals surface area contributed by atoms with Gasteiger partial charge >= 0.3 is 11.7 Å². The lowest BCUT2D eigenvalue weighted by molar-refractivity contribution is 0.141. The average Bonchev–Trinajstić information content (AvgIpc) is 3.32. The van der Waals surface area contributed by atoms with Gasteiger partial charge in [0, 0.05) is 13.7 Å². The first-order chi connectivity index (χ1) is 13.7. The quantitative estimate of drug-likeness (QED) is 0.448. The number of hydrogen-bond donors (Lipinski definition) is 1. The molecule has 0 unspecified atom stereocenters. The highest BCUT2D eigenvalue weighted by Gasteiger charge is 2.13. The van der Waals surface area contributed by atoms with Crippen molar-refractivity contribution < 1.29 is 9.47 Å². The van der Waals surface area contributed by atoms with Crippen molar-refractivity contribution >= 4 is 20.8 Å². The van der Waals surface area contributed by atoms with E-state index >= 15 is 0 Å². The summed E-state index contributed by atoms with van der Waals surface area (Å²) in [5, 5.41) is 0. The van der Waals surface area contributed by atoms with E-state index in [4.69, 9.17) is 9.47 Å². The lowest BCUT2D eigenvalue weighted by Crippen LogP contribution is -2.21. The first-order valence-corrected chi connectivity index (χ1v) is 11.2. The summed E-state index contributed by atoms with van der Waals surface area (Å²) in [6, 6.07) is 10.2. The topological polar surface area (TPSA) is 85.3 Å². The Hall–Kier alpha value is -2.49. The van der Waals surface area contributed by atoms with Gasteiger partial charge in [-0.25, -0.2) is 9.78 Å². The molecular formula is C19H25N5O3Si. The first-order valence-electron chi connectivity index (χ1n) is 9.60. The van der Waals surface area contributed by atoms with Gasteiger partial charge in [-0.2, -0.15) is 4.98 Å². The Morgan fingerprint density at radius 3 is 2.68 bits per heavy atom. The van der Waals surface area contributed by atoms with Crippen LogP contribution < -0.4 is 10.4 Å². The van der Waals surface area contributed by atoms with Crippen LogP contribution >= 0.6 is 0 Å². The Bertz CT molecular complexity index is 979. The van der Waals surface area contributed by atoms with Crippen molar-refractivity contribution in [2.24, 2.45) is 0 Å². The van der Waals surface area contributed by atoms with Gasteiger partial charge in [-0.1, -0.05) is 24.3 Å². The number of benzene rings is 1. The third-order valence-corrected chi connectivity index (χ3v) is 6.96. The van der Waals surface area contributed by atoms with Crippen molar-refractivity contribution in [3.63, 3.8) is 0 Å². The Balaban J connectivity index is 1.50. The Kier molecular flexibility index (Phi) is 5.84. The maximum Gasteiger partial charge on any atom is 0.328 e. The molecule has 148 valence electrons. The van der Waals surface area contributed by atoms with Gasteiger partial charge in [-0.3, -0.25) is 4.57 Å². The van der Waals surface area contributed by atoms with Crippen LogP contribution in [0.2, 0.25) is 6.04 Å². The van der Waals surface area contributed by atoms with E-state index in [0.29, 0.717) is 30.9 Å². The number of nitrogens with one attached hydrogen (secondary N) is 1. The molecule has 1 fully saturated rings. The summed E-state index contributed by atoms with van der Waals surface area (Å²) in [5.41, 5.74) is 3.33. The summed E-state index contributed by atoms with van der Waals surface area (Å²) < 4.78 is 14.7. The summed E-state index contributed by atoms with van der Waals surface area (Å²) in [6.45, 7) is 3.56. The van der Waals surface area contributed by atoms with Gasteiger partial charge in [0.25, 0.3) is 0 Å². The van der Waals surface area contributed by atoms with Crippen molar-refractivity contribution in [2.45, 2.75) is 25.6 Å². The van der Waals surface area contributed by atoms with Crippen molar-refractivity contribution in [1.82, 2.24) is 24.1 Å². The molecule has 1 aromatic carbocycles. The van der Waals surface area contributed by atoms with E-state index in [2.05, 4.69) is 43.8 Å². The summed E-state index contributed by atoms with van der Waals surface area (Å²) in [5.74, 6) is 0. The zero-order valence-electron chi connectivity index (χ0n) is 16.1. The van der Waals surface area contributed by atoms with Crippen LogP contribution in [0.3, 0.4) is 0 Å². The maximum absolute atomic E-state index is 12.4. The van der Waals surface area contributed by atoms with Gasteiger partial charge in [-0.05, 0) is 30.1 Å². The van der Waals surface area contributed by atoms with Crippen LogP contribution in [-0.4, -0.2) is 60.6 Å². The fourth-order valence-corrected chi connectivity index (χ4v) is 5.25. The fourth-order valence-electron chi connectivity index (χ4n) is 3.49. The Labute approximate surface area is 165 Å². The molecule has 0 saturated carbocycles. The number of fused-ring (bicyclic) bond motifs is 1. The zero-order chi connectivity index (χ0) is 19.3. The van der Waals surface area contributed by atoms with Gasteiger partial charge < -0.3 is 19.0 Å². The third kappa shape index (κ3) is 4.32. The molecule has 3 aromatic rings. The van der Waals surface area contributed by atoms with E-state index in [1.165, 1.54) is 24.6 Å². The molecule has 0 amide bonds. The molecular weight excluding hydrogens is 374 g/mol. The molecule has 9 heteroatoms. The van der Waals surface area contributed by atoms with Gasteiger partial charge in [-0.15, -0.1) is 0 Å². The number of H-pyrrole nitrogens is 1. The number of aromatic nitrogens is 4. The SMILES string of the molecule is COCCOc1ncc2[nH]c(=O)n(Cc3ccc(CN4CCC[SiH2]4)cc3)c2n1. The van der Waals surface area contributed by atoms with Crippen LogP contribution in [0.1, 0.15) is 17.5 Å². The minimum atomic E-state index is -0.203. The second kappa shape index (κ2) is 8.68. The third-order valence-electron chi connectivity index (χ3n) is 4.98. The van der Waals surface area contributed by atoms with Crippen LogP contribution in [-0.2, 0) is 17.8 Å². The first kappa shape index (κ1) is 18.9. The van der Waals surface area contributed by atoms with Gasteiger partial charge in [0.05, 0.1) is 29.0 Å². The molecule has 0 spiro atoms. The van der Waals surface area contributed by atoms with E-state index < -0.39 is 0 Å². The summed E-state index contributed by atoms with van der Waals surface area (Å²) >= 11 is 0. The highest BCUT2D eigenvalue weighted by Crippen LogP contribution is 2.15. The molecule has 0 radical (unpaired) electrons. The van der Waals surface area contributed by atoms with Crippen molar-refractivity contribution in [1.29, 1.82) is 0 Å². The monoisotopic (exact) mass is 399 g/mol. The molecule has 3 heterocycles. The molecule has 0 atom stereocenters. The van der Waals surface area contributed by atoms with Crippen LogP contribution in [0.4, 0.5) is 0 Å². The summed E-state index contributed by atoms with van der Waals surface area (Å²) in [6.07, 6.45) is 2.93. The second-order valence-electron chi connectivity index (χ2n) is 7.05. The zero-order valence-corrected chi connectivity index (χ0v) is 17.5.